The molecule has 0 saturated heterocycles. The van der Waals surface area contributed by atoms with E-state index in [-0.39, 0.29) is 11.8 Å². The van der Waals surface area contributed by atoms with Crippen LogP contribution >= 0.6 is 0 Å². The first kappa shape index (κ1) is 28.5. The number of hydrogen-bond donors (Lipinski definition) is 0. The zero-order valence-corrected chi connectivity index (χ0v) is 27.3. The minimum absolute atomic E-state index is 0.214. The maximum atomic E-state index is 2.42. The normalized spacial score (nSPS) is 16.7. The SMILES string of the molecule is Cc1ccccc1-c1cc(-c2cccc(C3=C4C=CC=CC4C(c4ccc5ccccc5c4)c4ccc5ccccc5c43)c2)ccc1C. The van der Waals surface area contributed by atoms with Gasteiger partial charge in [-0.25, -0.2) is 0 Å². The first-order valence-electron chi connectivity index (χ1n) is 17.0. The smallest absolute Gasteiger partial charge is 0.0200 e. The zero-order valence-electron chi connectivity index (χ0n) is 27.3. The van der Waals surface area contributed by atoms with Gasteiger partial charge in [0, 0.05) is 11.8 Å². The van der Waals surface area contributed by atoms with Gasteiger partial charge in [0.2, 0.25) is 0 Å². The molecule has 48 heavy (non-hydrogen) atoms. The van der Waals surface area contributed by atoms with Crippen LogP contribution in [0.25, 0.3) is 49.4 Å². The summed E-state index contributed by atoms with van der Waals surface area (Å²) in [7, 11) is 0. The summed E-state index contributed by atoms with van der Waals surface area (Å²) in [5.74, 6) is 0.446. The summed E-state index contributed by atoms with van der Waals surface area (Å²) in [6.45, 7) is 4.42. The van der Waals surface area contributed by atoms with Crippen LogP contribution in [0.3, 0.4) is 0 Å². The molecule has 2 atom stereocenters. The van der Waals surface area contributed by atoms with Crippen LogP contribution in [-0.2, 0) is 0 Å². The molecule has 0 spiro atoms. The summed E-state index contributed by atoms with van der Waals surface area (Å²) in [5, 5.41) is 5.16. The molecule has 0 aromatic heterocycles. The van der Waals surface area contributed by atoms with Crippen LogP contribution in [0.4, 0.5) is 0 Å². The van der Waals surface area contributed by atoms with Crippen LogP contribution in [-0.4, -0.2) is 0 Å². The van der Waals surface area contributed by atoms with Gasteiger partial charge in [0.05, 0.1) is 0 Å². The van der Waals surface area contributed by atoms with Crippen LogP contribution in [0.15, 0.2) is 175 Å². The van der Waals surface area contributed by atoms with Crippen molar-refractivity contribution in [2.24, 2.45) is 5.92 Å². The Morgan fingerprint density at radius 2 is 1.21 bits per heavy atom. The molecule has 0 fully saturated rings. The molecule has 0 aliphatic heterocycles. The predicted molar refractivity (Wildman–Crippen MR) is 204 cm³/mol. The van der Waals surface area contributed by atoms with E-state index >= 15 is 0 Å². The van der Waals surface area contributed by atoms with E-state index in [0.717, 1.165) is 0 Å². The molecule has 0 nitrogen and oxygen atoms in total. The Balaban J connectivity index is 1.26. The highest BCUT2D eigenvalue weighted by molar-refractivity contribution is 6.03. The van der Waals surface area contributed by atoms with E-state index in [1.165, 1.54) is 88.3 Å². The number of benzene rings is 7. The van der Waals surface area contributed by atoms with Crippen molar-refractivity contribution in [2.45, 2.75) is 19.8 Å². The van der Waals surface area contributed by atoms with Gasteiger partial charge < -0.3 is 0 Å². The Morgan fingerprint density at radius 1 is 0.479 bits per heavy atom. The predicted octanol–water partition coefficient (Wildman–Crippen LogP) is 12.6. The van der Waals surface area contributed by atoms with Gasteiger partial charge in [0.1, 0.15) is 0 Å². The molecule has 2 aliphatic carbocycles. The van der Waals surface area contributed by atoms with Crippen molar-refractivity contribution < 1.29 is 0 Å². The lowest BCUT2D eigenvalue weighted by atomic mass is 9.65. The lowest BCUT2D eigenvalue weighted by Crippen LogP contribution is -2.23. The highest BCUT2D eigenvalue weighted by Gasteiger charge is 2.36. The van der Waals surface area contributed by atoms with Crippen molar-refractivity contribution in [1.82, 2.24) is 0 Å². The number of aryl methyl sites for hydroxylation is 2. The van der Waals surface area contributed by atoms with Gasteiger partial charge in [0.15, 0.2) is 0 Å². The molecule has 0 amide bonds. The van der Waals surface area contributed by atoms with E-state index in [1.807, 2.05) is 0 Å². The fourth-order valence-corrected chi connectivity index (χ4v) is 8.18. The Morgan fingerprint density at radius 3 is 2.10 bits per heavy atom. The summed E-state index contributed by atoms with van der Waals surface area (Å²) in [4.78, 5) is 0. The van der Waals surface area contributed by atoms with Crippen molar-refractivity contribution in [3.05, 3.63) is 209 Å². The number of allylic oxidation sites excluding steroid dienone is 5. The van der Waals surface area contributed by atoms with Crippen molar-refractivity contribution >= 4 is 27.1 Å². The quantitative estimate of drug-likeness (QED) is 0.185. The highest BCUT2D eigenvalue weighted by atomic mass is 14.4. The van der Waals surface area contributed by atoms with E-state index in [4.69, 9.17) is 0 Å². The van der Waals surface area contributed by atoms with Crippen molar-refractivity contribution in [2.75, 3.05) is 0 Å². The van der Waals surface area contributed by atoms with Gasteiger partial charge in [-0.3, -0.25) is 0 Å². The van der Waals surface area contributed by atoms with Crippen LogP contribution < -0.4 is 0 Å². The highest BCUT2D eigenvalue weighted by Crippen LogP contribution is 2.52. The fourth-order valence-electron chi connectivity index (χ4n) is 8.18. The third-order valence-corrected chi connectivity index (χ3v) is 10.5. The molecule has 2 unspecified atom stereocenters. The first-order chi connectivity index (χ1) is 23.6. The Hall–Kier alpha value is -5.72. The average molecular weight is 613 g/mol. The minimum atomic E-state index is 0.214. The van der Waals surface area contributed by atoms with Crippen LogP contribution in [0.1, 0.15) is 39.3 Å². The van der Waals surface area contributed by atoms with Crippen molar-refractivity contribution in [1.29, 1.82) is 0 Å². The molecule has 0 saturated carbocycles. The van der Waals surface area contributed by atoms with Gasteiger partial charge >= 0.3 is 0 Å². The van der Waals surface area contributed by atoms with E-state index in [0.29, 0.717) is 0 Å². The van der Waals surface area contributed by atoms with E-state index in [1.54, 1.807) is 0 Å². The fraction of sp³-hybridized carbons (Fsp3) is 0.0833. The summed E-state index contributed by atoms with van der Waals surface area (Å²) in [6, 6.07) is 54.3. The number of fused-ring (bicyclic) bond motifs is 5. The largest absolute Gasteiger partial charge is 0.0760 e. The maximum Gasteiger partial charge on any atom is 0.0200 e. The zero-order chi connectivity index (χ0) is 32.2. The van der Waals surface area contributed by atoms with E-state index in [2.05, 4.69) is 184 Å². The molecule has 228 valence electrons. The number of hydrogen-bond acceptors (Lipinski definition) is 0. The summed E-state index contributed by atoms with van der Waals surface area (Å²) < 4.78 is 0. The molecule has 0 radical (unpaired) electrons. The lowest BCUT2D eigenvalue weighted by molar-refractivity contribution is 0.651. The summed E-state index contributed by atoms with van der Waals surface area (Å²) in [6.07, 6.45) is 9.25. The third kappa shape index (κ3) is 4.68. The summed E-state index contributed by atoms with van der Waals surface area (Å²) in [5.41, 5.74) is 15.8. The summed E-state index contributed by atoms with van der Waals surface area (Å²) >= 11 is 0. The van der Waals surface area contributed by atoms with E-state index < -0.39 is 0 Å². The topological polar surface area (TPSA) is 0 Å². The van der Waals surface area contributed by atoms with Gasteiger partial charge in [-0.05, 0) is 114 Å². The minimum Gasteiger partial charge on any atom is -0.0760 e. The molecule has 0 heteroatoms. The molecular formula is C48H36. The van der Waals surface area contributed by atoms with Crippen LogP contribution in [0.2, 0.25) is 0 Å². The Labute approximate surface area is 283 Å². The van der Waals surface area contributed by atoms with Gasteiger partial charge in [0.25, 0.3) is 0 Å². The molecule has 0 heterocycles. The van der Waals surface area contributed by atoms with Crippen molar-refractivity contribution in [3.63, 3.8) is 0 Å². The maximum absolute atomic E-state index is 2.42. The molecule has 7 aromatic rings. The van der Waals surface area contributed by atoms with Gasteiger partial charge in [-0.2, -0.15) is 0 Å². The second-order valence-corrected chi connectivity index (χ2v) is 13.4. The average Bonchev–Trinajstić information content (AvgIpc) is 3.14. The molecule has 0 bridgehead atoms. The molecule has 0 N–H and O–H groups in total. The monoisotopic (exact) mass is 612 g/mol. The Bertz CT molecular complexity index is 2480. The molecular weight excluding hydrogens is 577 g/mol. The molecule has 9 rings (SSSR count). The van der Waals surface area contributed by atoms with Gasteiger partial charge in [-0.1, -0.05) is 158 Å². The van der Waals surface area contributed by atoms with E-state index in [9.17, 15) is 0 Å². The second kappa shape index (κ2) is 11.5. The first-order valence-corrected chi connectivity index (χ1v) is 17.0. The standard InChI is InChI=1S/C48H36/c1-31-12-3-7-18-40(31)45-30-37(23-22-32(45)2)36-16-11-17-38(29-36)47-43-21-10-9-20-42(43)46(39-25-24-33-13-4-5-15-35(33)28-39)44-27-26-34-14-6-8-19-41(34)48(44)47/h3-30,42,46H,1-2H3. The van der Waals surface area contributed by atoms with Crippen LogP contribution in [0, 0.1) is 19.8 Å². The third-order valence-electron chi connectivity index (χ3n) is 10.5. The second-order valence-electron chi connectivity index (χ2n) is 13.4. The lowest BCUT2D eigenvalue weighted by Gasteiger charge is -2.37. The molecule has 2 aliphatic rings. The van der Waals surface area contributed by atoms with Crippen LogP contribution in [0.5, 0.6) is 0 Å². The Kier molecular flexibility index (Phi) is 6.83. The number of rotatable bonds is 4. The van der Waals surface area contributed by atoms with Crippen molar-refractivity contribution in [3.8, 4) is 22.3 Å². The van der Waals surface area contributed by atoms with Gasteiger partial charge in [-0.15, -0.1) is 0 Å². The molecule has 7 aromatic carbocycles.